The van der Waals surface area contributed by atoms with Gasteiger partial charge in [-0.15, -0.1) is 0 Å². The highest BCUT2D eigenvalue weighted by atomic mass is 32.2. The van der Waals surface area contributed by atoms with Crippen LogP contribution in [0.4, 0.5) is 5.69 Å². The van der Waals surface area contributed by atoms with Crippen LogP contribution in [0, 0.1) is 0 Å². The van der Waals surface area contributed by atoms with E-state index in [4.69, 9.17) is 4.74 Å². The summed E-state index contributed by atoms with van der Waals surface area (Å²) in [6.07, 6.45) is 1.66. The first-order valence-electron chi connectivity index (χ1n) is 9.59. The van der Waals surface area contributed by atoms with Gasteiger partial charge in [-0.3, -0.25) is 9.78 Å². The van der Waals surface area contributed by atoms with Crippen LogP contribution >= 0.6 is 0 Å². The van der Waals surface area contributed by atoms with E-state index < -0.39 is 28.5 Å². The number of benzene rings is 2. The third-order valence-electron chi connectivity index (χ3n) is 4.73. The van der Waals surface area contributed by atoms with Gasteiger partial charge in [0.25, 0.3) is 5.91 Å². The van der Waals surface area contributed by atoms with Gasteiger partial charge in [0, 0.05) is 24.7 Å². The van der Waals surface area contributed by atoms with Crippen LogP contribution < -0.4 is 5.32 Å². The number of hydrogen-bond acceptors (Lipinski definition) is 6. The number of nitrogens with one attached hydrogen (secondary N) is 1. The fraction of sp³-hybridized carbons (Fsp3) is 0.227. The van der Waals surface area contributed by atoms with Gasteiger partial charge in [0.2, 0.25) is 10.0 Å². The first-order chi connectivity index (χ1) is 14.7. The van der Waals surface area contributed by atoms with E-state index in [2.05, 4.69) is 10.3 Å². The van der Waals surface area contributed by atoms with Crippen molar-refractivity contribution >= 4 is 38.5 Å². The molecule has 0 spiro atoms. The first-order valence-corrected chi connectivity index (χ1v) is 11.0. The highest BCUT2D eigenvalue weighted by Crippen LogP contribution is 2.21. The molecule has 3 rings (SSSR count). The first kappa shape index (κ1) is 22.4. The molecular formula is C22H23N3O5S. The molecule has 0 aliphatic rings. The van der Waals surface area contributed by atoms with Gasteiger partial charge in [0.1, 0.15) is 0 Å². The molecular weight excluding hydrogens is 418 g/mol. The number of carbonyl (C=O) groups excluding carboxylic acids is 2. The molecule has 1 aromatic heterocycles. The van der Waals surface area contributed by atoms with Crippen molar-refractivity contribution in [3.8, 4) is 0 Å². The van der Waals surface area contributed by atoms with Gasteiger partial charge in [0.05, 0.1) is 21.7 Å². The van der Waals surface area contributed by atoms with Crippen LogP contribution in [0.5, 0.6) is 0 Å². The minimum Gasteiger partial charge on any atom is -0.452 e. The molecule has 1 heterocycles. The Labute approximate surface area is 180 Å². The van der Waals surface area contributed by atoms with Crippen molar-refractivity contribution < 1.29 is 22.7 Å². The van der Waals surface area contributed by atoms with Crippen molar-refractivity contribution in [3.05, 3.63) is 66.4 Å². The number of sulfonamides is 1. The molecule has 8 nitrogen and oxygen atoms in total. The molecule has 1 N–H and O–H groups in total. The Morgan fingerprint density at radius 3 is 2.58 bits per heavy atom. The number of anilines is 1. The van der Waals surface area contributed by atoms with Gasteiger partial charge in [-0.2, -0.15) is 4.31 Å². The minimum absolute atomic E-state index is 0.0224. The number of carbonyl (C=O) groups is 2. The van der Waals surface area contributed by atoms with E-state index in [0.29, 0.717) is 5.69 Å². The molecule has 0 saturated carbocycles. The Bertz CT molecular complexity index is 1220. The van der Waals surface area contributed by atoms with Crippen molar-refractivity contribution in [3.63, 3.8) is 0 Å². The summed E-state index contributed by atoms with van der Waals surface area (Å²) in [6, 6.07) is 14.2. The molecule has 0 aliphatic carbocycles. The maximum atomic E-state index is 12.6. The van der Waals surface area contributed by atoms with Gasteiger partial charge < -0.3 is 10.1 Å². The second kappa shape index (κ2) is 9.23. The van der Waals surface area contributed by atoms with E-state index in [9.17, 15) is 18.0 Å². The van der Waals surface area contributed by atoms with Crippen molar-refractivity contribution in [2.45, 2.75) is 24.8 Å². The summed E-state index contributed by atoms with van der Waals surface area (Å²) in [5, 5.41) is 3.46. The smallest absolute Gasteiger partial charge is 0.338 e. The van der Waals surface area contributed by atoms with E-state index in [1.807, 2.05) is 12.1 Å². The molecule has 0 atom stereocenters. The summed E-state index contributed by atoms with van der Waals surface area (Å²) in [5.74, 6) is -1.31. The molecule has 3 aromatic rings. The van der Waals surface area contributed by atoms with Crippen LogP contribution in [-0.2, 0) is 19.6 Å². The summed E-state index contributed by atoms with van der Waals surface area (Å²) in [7, 11) is -2.28. The van der Waals surface area contributed by atoms with Crippen molar-refractivity contribution in [1.82, 2.24) is 9.29 Å². The molecule has 2 aromatic carbocycles. The van der Waals surface area contributed by atoms with E-state index in [1.165, 1.54) is 35.6 Å². The molecule has 0 aliphatic heterocycles. The van der Waals surface area contributed by atoms with Crippen LogP contribution in [-0.4, -0.2) is 49.3 Å². The Morgan fingerprint density at radius 2 is 1.84 bits per heavy atom. The van der Waals surface area contributed by atoms with E-state index in [1.54, 1.807) is 38.2 Å². The maximum absolute atomic E-state index is 12.6. The van der Waals surface area contributed by atoms with Gasteiger partial charge in [-0.25, -0.2) is 13.2 Å². The molecule has 162 valence electrons. The molecule has 1 amide bonds. The molecule has 31 heavy (non-hydrogen) atoms. The number of rotatable bonds is 7. The average Bonchev–Trinajstić information content (AvgIpc) is 2.77. The molecule has 9 heteroatoms. The summed E-state index contributed by atoms with van der Waals surface area (Å²) in [4.78, 5) is 28.8. The number of pyridine rings is 1. The maximum Gasteiger partial charge on any atom is 0.338 e. The van der Waals surface area contributed by atoms with Crippen LogP contribution in [0.1, 0.15) is 24.2 Å². The molecule has 0 unspecified atom stereocenters. The monoisotopic (exact) mass is 441 g/mol. The normalized spacial score (nSPS) is 11.6. The zero-order chi connectivity index (χ0) is 22.6. The number of hydrogen-bond donors (Lipinski definition) is 1. The van der Waals surface area contributed by atoms with Gasteiger partial charge >= 0.3 is 5.97 Å². The Morgan fingerprint density at radius 1 is 1.10 bits per heavy atom. The Hall–Kier alpha value is -3.30. The average molecular weight is 442 g/mol. The van der Waals surface area contributed by atoms with E-state index in [-0.39, 0.29) is 16.5 Å². The molecule has 0 saturated heterocycles. The standard InChI is InChI=1S/C22H23N3O5S/c1-15(2)25(3)31(28,29)17-8-4-7-16(13-17)22(27)30-14-21(26)24-20-11-5-10-19-18(20)9-6-12-23-19/h4-13,15H,14H2,1-3H3,(H,24,26). The zero-order valence-electron chi connectivity index (χ0n) is 17.4. The summed E-state index contributed by atoms with van der Waals surface area (Å²) in [6.45, 7) is 2.99. The van der Waals surface area contributed by atoms with Gasteiger partial charge in [-0.1, -0.05) is 12.1 Å². The Kier molecular flexibility index (Phi) is 6.67. The van der Waals surface area contributed by atoms with Crippen LogP contribution in [0.15, 0.2) is 65.7 Å². The summed E-state index contributed by atoms with van der Waals surface area (Å²) < 4.78 is 31.5. The predicted octanol–water partition coefficient (Wildman–Crippen LogP) is 3.06. The lowest BCUT2D eigenvalue weighted by Gasteiger charge is -2.21. The number of aromatic nitrogens is 1. The largest absolute Gasteiger partial charge is 0.452 e. The number of ether oxygens (including phenoxy) is 1. The molecule has 0 bridgehead atoms. The summed E-state index contributed by atoms with van der Waals surface area (Å²) >= 11 is 0. The van der Waals surface area contributed by atoms with Crippen molar-refractivity contribution in [2.24, 2.45) is 0 Å². The lowest BCUT2D eigenvalue weighted by Crippen LogP contribution is -2.33. The second-order valence-corrected chi connectivity index (χ2v) is 9.14. The number of amides is 1. The topological polar surface area (TPSA) is 106 Å². The minimum atomic E-state index is -3.75. The van der Waals surface area contributed by atoms with E-state index in [0.717, 1.165) is 10.9 Å². The SMILES string of the molecule is CC(C)N(C)S(=O)(=O)c1cccc(C(=O)OCC(=O)Nc2cccc3ncccc23)c1. The lowest BCUT2D eigenvalue weighted by molar-refractivity contribution is -0.119. The predicted molar refractivity (Wildman–Crippen MR) is 117 cm³/mol. The fourth-order valence-electron chi connectivity index (χ4n) is 2.84. The second-order valence-electron chi connectivity index (χ2n) is 7.14. The summed E-state index contributed by atoms with van der Waals surface area (Å²) in [5.41, 5.74) is 1.32. The lowest BCUT2D eigenvalue weighted by atomic mass is 10.2. The molecule has 0 fully saturated rings. The molecule has 0 radical (unpaired) electrons. The fourth-order valence-corrected chi connectivity index (χ4v) is 4.25. The van der Waals surface area contributed by atoms with Gasteiger partial charge in [-0.05, 0) is 56.3 Å². The highest BCUT2D eigenvalue weighted by Gasteiger charge is 2.24. The number of esters is 1. The van der Waals surface area contributed by atoms with Crippen molar-refractivity contribution in [2.75, 3.05) is 19.0 Å². The Balaban J connectivity index is 1.68. The van der Waals surface area contributed by atoms with Crippen LogP contribution in [0.3, 0.4) is 0 Å². The number of fused-ring (bicyclic) bond motifs is 1. The third kappa shape index (κ3) is 5.07. The van der Waals surface area contributed by atoms with Crippen LogP contribution in [0.2, 0.25) is 0 Å². The zero-order valence-corrected chi connectivity index (χ0v) is 18.2. The highest BCUT2D eigenvalue weighted by molar-refractivity contribution is 7.89. The van der Waals surface area contributed by atoms with Gasteiger partial charge in [0.15, 0.2) is 6.61 Å². The van der Waals surface area contributed by atoms with Crippen molar-refractivity contribution in [1.29, 1.82) is 0 Å². The third-order valence-corrected chi connectivity index (χ3v) is 6.76. The number of nitrogens with zero attached hydrogens (tertiary/aromatic N) is 2. The van der Waals surface area contributed by atoms with E-state index >= 15 is 0 Å². The van der Waals surface area contributed by atoms with Crippen LogP contribution in [0.25, 0.3) is 10.9 Å². The quantitative estimate of drug-likeness (QED) is 0.565.